The SMILES string of the molecule is C[C@@]1(CCc2ccccc2)NC(=O)N(CC(=O)N[C@@H]2CCOc3ccccc32)C1=O. The molecule has 2 atom stereocenters. The standard InChI is InChI=1S/C23H25N3O4/c1-23(13-11-16-7-3-2-4-8-16)21(28)26(22(29)25-23)15-20(27)24-18-12-14-30-19-10-6-5-9-17(18)19/h2-10,18H,11-15H2,1H3,(H,24,27)(H,25,29)/t18-,23+/m1/s1. The molecule has 2 aliphatic heterocycles. The summed E-state index contributed by atoms with van der Waals surface area (Å²) in [6.07, 6.45) is 1.76. The van der Waals surface area contributed by atoms with Crippen LogP contribution in [0.15, 0.2) is 54.6 Å². The average molecular weight is 407 g/mol. The molecule has 0 saturated carbocycles. The van der Waals surface area contributed by atoms with Crippen molar-refractivity contribution in [1.82, 2.24) is 15.5 Å². The molecule has 2 N–H and O–H groups in total. The largest absolute Gasteiger partial charge is 0.493 e. The number of nitrogens with zero attached hydrogens (tertiary/aromatic N) is 1. The van der Waals surface area contributed by atoms with E-state index in [-0.39, 0.29) is 24.4 Å². The second kappa shape index (κ2) is 8.18. The highest BCUT2D eigenvalue weighted by atomic mass is 16.5. The van der Waals surface area contributed by atoms with Crippen molar-refractivity contribution >= 4 is 17.8 Å². The van der Waals surface area contributed by atoms with E-state index in [0.29, 0.717) is 25.9 Å². The third kappa shape index (κ3) is 4.01. The summed E-state index contributed by atoms with van der Waals surface area (Å²) in [5.41, 5.74) is 0.982. The monoisotopic (exact) mass is 407 g/mol. The molecule has 0 aromatic heterocycles. The zero-order valence-corrected chi connectivity index (χ0v) is 16.9. The van der Waals surface area contributed by atoms with E-state index in [1.54, 1.807) is 6.92 Å². The number of fused-ring (bicyclic) bond motifs is 1. The highest BCUT2D eigenvalue weighted by Gasteiger charge is 2.48. The van der Waals surface area contributed by atoms with Gasteiger partial charge in [0.05, 0.1) is 12.6 Å². The second-order valence-corrected chi connectivity index (χ2v) is 7.93. The first-order valence-electron chi connectivity index (χ1n) is 10.2. The summed E-state index contributed by atoms with van der Waals surface area (Å²) in [4.78, 5) is 39.0. The van der Waals surface area contributed by atoms with Crippen molar-refractivity contribution in [2.75, 3.05) is 13.2 Å². The maximum atomic E-state index is 12.9. The molecule has 0 unspecified atom stereocenters. The minimum atomic E-state index is -1.02. The molecule has 2 heterocycles. The van der Waals surface area contributed by atoms with Crippen LogP contribution in [-0.2, 0) is 16.0 Å². The topological polar surface area (TPSA) is 87.7 Å². The number of hydrogen-bond acceptors (Lipinski definition) is 4. The molecule has 4 rings (SSSR count). The number of carbonyl (C=O) groups is 3. The Bertz CT molecular complexity index is 962. The molecule has 2 aromatic rings. The van der Waals surface area contributed by atoms with Gasteiger partial charge in [0.2, 0.25) is 5.91 Å². The summed E-state index contributed by atoms with van der Waals surface area (Å²) in [6.45, 7) is 1.91. The normalized spacial score (nSPS) is 22.8. The predicted molar refractivity (Wildman–Crippen MR) is 111 cm³/mol. The van der Waals surface area contributed by atoms with Crippen molar-refractivity contribution in [3.05, 3.63) is 65.7 Å². The van der Waals surface area contributed by atoms with E-state index in [0.717, 1.165) is 21.8 Å². The maximum absolute atomic E-state index is 12.9. The summed E-state index contributed by atoms with van der Waals surface area (Å²) in [6, 6.07) is 16.6. The number of urea groups is 1. The first-order valence-corrected chi connectivity index (χ1v) is 10.2. The first kappa shape index (κ1) is 19.9. The smallest absolute Gasteiger partial charge is 0.325 e. The zero-order valence-electron chi connectivity index (χ0n) is 16.9. The third-order valence-corrected chi connectivity index (χ3v) is 5.70. The minimum Gasteiger partial charge on any atom is -0.493 e. The number of aryl methyl sites for hydroxylation is 1. The molecule has 1 saturated heterocycles. The summed E-state index contributed by atoms with van der Waals surface area (Å²) >= 11 is 0. The van der Waals surface area contributed by atoms with Crippen LogP contribution in [0.1, 0.15) is 36.9 Å². The van der Waals surface area contributed by atoms with E-state index in [4.69, 9.17) is 4.74 Å². The third-order valence-electron chi connectivity index (χ3n) is 5.70. The first-order chi connectivity index (χ1) is 14.5. The molecule has 0 spiro atoms. The quantitative estimate of drug-likeness (QED) is 0.721. The van der Waals surface area contributed by atoms with Crippen molar-refractivity contribution < 1.29 is 19.1 Å². The Hall–Kier alpha value is -3.35. The fourth-order valence-corrected chi connectivity index (χ4v) is 3.97. The highest BCUT2D eigenvalue weighted by molar-refractivity contribution is 6.08. The molecule has 0 radical (unpaired) electrons. The van der Waals surface area contributed by atoms with Crippen molar-refractivity contribution in [2.45, 2.75) is 37.8 Å². The number of nitrogens with one attached hydrogen (secondary N) is 2. The minimum absolute atomic E-state index is 0.201. The van der Waals surface area contributed by atoms with Crippen molar-refractivity contribution in [3.8, 4) is 5.75 Å². The number of carbonyl (C=O) groups excluding carboxylic acids is 3. The Kier molecular flexibility index (Phi) is 5.44. The fraction of sp³-hybridized carbons (Fsp3) is 0.348. The van der Waals surface area contributed by atoms with Gasteiger partial charge in [-0.2, -0.15) is 0 Å². The molecule has 0 aliphatic carbocycles. The molecule has 2 aliphatic rings. The van der Waals surface area contributed by atoms with E-state index < -0.39 is 11.6 Å². The van der Waals surface area contributed by atoms with Crippen LogP contribution in [0.25, 0.3) is 0 Å². The Morgan fingerprint density at radius 2 is 1.90 bits per heavy atom. The summed E-state index contributed by atoms with van der Waals surface area (Å²) < 4.78 is 5.61. The molecule has 7 heteroatoms. The van der Waals surface area contributed by atoms with Crippen LogP contribution in [0.5, 0.6) is 5.75 Å². The number of imide groups is 1. The van der Waals surface area contributed by atoms with Gasteiger partial charge >= 0.3 is 6.03 Å². The lowest BCUT2D eigenvalue weighted by atomic mass is 9.93. The molecule has 0 bridgehead atoms. The molecular formula is C23H25N3O4. The Balaban J connectivity index is 1.38. The van der Waals surface area contributed by atoms with E-state index in [1.165, 1.54) is 0 Å². The molecule has 4 amide bonds. The van der Waals surface area contributed by atoms with Gasteiger partial charge in [-0.25, -0.2) is 4.79 Å². The van der Waals surface area contributed by atoms with E-state index >= 15 is 0 Å². The van der Waals surface area contributed by atoms with Gasteiger partial charge in [-0.3, -0.25) is 14.5 Å². The van der Waals surface area contributed by atoms with Gasteiger partial charge in [-0.1, -0.05) is 48.5 Å². The van der Waals surface area contributed by atoms with Crippen LogP contribution in [0.4, 0.5) is 4.79 Å². The van der Waals surface area contributed by atoms with Crippen LogP contribution < -0.4 is 15.4 Å². The predicted octanol–water partition coefficient (Wildman–Crippen LogP) is 2.57. The Labute approximate surface area is 175 Å². The lowest BCUT2D eigenvalue weighted by Crippen LogP contribution is -2.46. The van der Waals surface area contributed by atoms with E-state index in [9.17, 15) is 14.4 Å². The molecule has 1 fully saturated rings. The number of benzene rings is 2. The van der Waals surface area contributed by atoms with Gasteiger partial charge in [0.1, 0.15) is 17.8 Å². The molecular weight excluding hydrogens is 382 g/mol. The van der Waals surface area contributed by atoms with Crippen LogP contribution >= 0.6 is 0 Å². The Morgan fingerprint density at radius 3 is 2.70 bits per heavy atom. The van der Waals surface area contributed by atoms with Gasteiger partial charge in [-0.05, 0) is 31.4 Å². The van der Waals surface area contributed by atoms with Crippen molar-refractivity contribution in [2.24, 2.45) is 0 Å². The number of rotatable bonds is 6. The van der Waals surface area contributed by atoms with Crippen LogP contribution in [0.2, 0.25) is 0 Å². The van der Waals surface area contributed by atoms with Crippen LogP contribution in [-0.4, -0.2) is 41.4 Å². The van der Waals surface area contributed by atoms with Gasteiger partial charge in [0.25, 0.3) is 5.91 Å². The fourth-order valence-electron chi connectivity index (χ4n) is 3.97. The number of para-hydroxylation sites is 1. The summed E-state index contributed by atoms with van der Waals surface area (Å²) in [5.74, 6) is 0.0102. The van der Waals surface area contributed by atoms with Crippen molar-refractivity contribution in [3.63, 3.8) is 0 Å². The van der Waals surface area contributed by atoms with E-state index in [2.05, 4.69) is 10.6 Å². The second-order valence-electron chi connectivity index (χ2n) is 7.93. The number of hydrogen-bond donors (Lipinski definition) is 2. The average Bonchev–Trinajstić information content (AvgIpc) is 2.97. The van der Waals surface area contributed by atoms with Crippen LogP contribution in [0, 0.1) is 0 Å². The maximum Gasteiger partial charge on any atom is 0.325 e. The molecule has 156 valence electrons. The van der Waals surface area contributed by atoms with Crippen molar-refractivity contribution in [1.29, 1.82) is 0 Å². The lowest BCUT2D eigenvalue weighted by Gasteiger charge is -2.27. The zero-order chi connectivity index (χ0) is 21.1. The Morgan fingerprint density at radius 1 is 1.17 bits per heavy atom. The van der Waals surface area contributed by atoms with Gasteiger partial charge in [-0.15, -0.1) is 0 Å². The van der Waals surface area contributed by atoms with Gasteiger partial charge in [0.15, 0.2) is 0 Å². The lowest BCUT2D eigenvalue weighted by molar-refractivity contribution is -0.135. The van der Waals surface area contributed by atoms with E-state index in [1.807, 2.05) is 54.6 Å². The molecule has 7 nitrogen and oxygen atoms in total. The van der Waals surface area contributed by atoms with Gasteiger partial charge in [0, 0.05) is 12.0 Å². The summed E-state index contributed by atoms with van der Waals surface area (Å²) in [5, 5.41) is 5.70. The highest BCUT2D eigenvalue weighted by Crippen LogP contribution is 2.31. The number of ether oxygens (including phenoxy) is 1. The molecule has 30 heavy (non-hydrogen) atoms. The number of amides is 4. The molecule has 2 aromatic carbocycles. The summed E-state index contributed by atoms with van der Waals surface area (Å²) in [7, 11) is 0. The van der Waals surface area contributed by atoms with Crippen LogP contribution in [0.3, 0.4) is 0 Å². The van der Waals surface area contributed by atoms with Gasteiger partial charge < -0.3 is 15.4 Å².